The van der Waals surface area contributed by atoms with Gasteiger partial charge in [0.05, 0.1) is 0 Å². The molecule has 1 N–H and O–H groups in total. The molecule has 18 heavy (non-hydrogen) atoms. The van der Waals surface area contributed by atoms with E-state index in [1.807, 2.05) is 0 Å². The number of rotatable bonds is 7. The standard InChI is InChI=1S/C14H28N2OS/c1-12(2)10-13(11-18)14(17)15-6-9-16-7-4-3-5-8-16/h12-13,18H,3-11H2,1-2H3,(H,15,17). The van der Waals surface area contributed by atoms with Crippen LogP contribution in [-0.4, -0.2) is 42.7 Å². The lowest BCUT2D eigenvalue weighted by molar-refractivity contribution is -0.124. The summed E-state index contributed by atoms with van der Waals surface area (Å²) < 4.78 is 0. The minimum atomic E-state index is 0.0645. The maximum absolute atomic E-state index is 12.0. The molecular weight excluding hydrogens is 244 g/mol. The summed E-state index contributed by atoms with van der Waals surface area (Å²) in [6, 6.07) is 0. The molecule has 1 aliphatic heterocycles. The van der Waals surface area contributed by atoms with Crippen LogP contribution in [0.1, 0.15) is 39.5 Å². The molecule has 1 atom stereocenters. The second kappa shape index (κ2) is 8.81. The van der Waals surface area contributed by atoms with E-state index in [1.54, 1.807) is 0 Å². The first-order valence-electron chi connectivity index (χ1n) is 7.24. The summed E-state index contributed by atoms with van der Waals surface area (Å²) in [4.78, 5) is 14.4. The highest BCUT2D eigenvalue weighted by Crippen LogP contribution is 2.13. The number of likely N-dealkylation sites (tertiary alicyclic amines) is 1. The highest BCUT2D eigenvalue weighted by Gasteiger charge is 2.18. The molecule has 1 aliphatic rings. The molecule has 1 rings (SSSR count). The first kappa shape index (κ1) is 15.8. The van der Waals surface area contributed by atoms with Crippen molar-refractivity contribution in [3.63, 3.8) is 0 Å². The summed E-state index contributed by atoms with van der Waals surface area (Å²) in [5.74, 6) is 1.44. The third-order valence-corrected chi connectivity index (χ3v) is 3.96. The van der Waals surface area contributed by atoms with Crippen LogP contribution in [0, 0.1) is 11.8 Å². The highest BCUT2D eigenvalue weighted by molar-refractivity contribution is 7.80. The van der Waals surface area contributed by atoms with Gasteiger partial charge < -0.3 is 10.2 Å². The number of piperidine rings is 1. The molecule has 0 saturated carbocycles. The highest BCUT2D eigenvalue weighted by atomic mass is 32.1. The normalized spacial score (nSPS) is 18.9. The molecule has 0 spiro atoms. The van der Waals surface area contributed by atoms with E-state index in [0.717, 1.165) is 19.5 Å². The Morgan fingerprint density at radius 3 is 2.50 bits per heavy atom. The van der Waals surface area contributed by atoms with Crippen LogP contribution in [0.25, 0.3) is 0 Å². The van der Waals surface area contributed by atoms with Crippen molar-refractivity contribution in [2.45, 2.75) is 39.5 Å². The molecule has 0 bridgehead atoms. The van der Waals surface area contributed by atoms with Crippen molar-refractivity contribution in [3.05, 3.63) is 0 Å². The molecular formula is C14H28N2OS. The van der Waals surface area contributed by atoms with Gasteiger partial charge in [0.2, 0.25) is 5.91 Å². The smallest absolute Gasteiger partial charge is 0.223 e. The van der Waals surface area contributed by atoms with Gasteiger partial charge in [0.15, 0.2) is 0 Å². The Morgan fingerprint density at radius 1 is 1.28 bits per heavy atom. The minimum Gasteiger partial charge on any atom is -0.355 e. The van der Waals surface area contributed by atoms with E-state index >= 15 is 0 Å². The molecule has 0 aliphatic carbocycles. The maximum atomic E-state index is 12.0. The van der Waals surface area contributed by atoms with E-state index in [0.29, 0.717) is 11.7 Å². The molecule has 1 saturated heterocycles. The van der Waals surface area contributed by atoms with Crippen molar-refractivity contribution in [1.82, 2.24) is 10.2 Å². The van der Waals surface area contributed by atoms with Crippen molar-refractivity contribution in [3.8, 4) is 0 Å². The molecule has 0 aromatic carbocycles. The lowest BCUT2D eigenvalue weighted by Gasteiger charge is -2.26. The molecule has 1 unspecified atom stereocenters. The molecule has 1 heterocycles. The monoisotopic (exact) mass is 272 g/mol. The Bertz CT molecular complexity index is 240. The van der Waals surface area contributed by atoms with Crippen molar-refractivity contribution >= 4 is 18.5 Å². The number of hydrogen-bond acceptors (Lipinski definition) is 3. The van der Waals surface area contributed by atoms with Gasteiger partial charge >= 0.3 is 0 Å². The molecule has 1 fully saturated rings. The number of amides is 1. The number of nitrogens with one attached hydrogen (secondary N) is 1. The van der Waals surface area contributed by atoms with E-state index < -0.39 is 0 Å². The van der Waals surface area contributed by atoms with E-state index in [2.05, 4.69) is 36.7 Å². The van der Waals surface area contributed by atoms with Crippen LogP contribution in [0.15, 0.2) is 0 Å². The summed E-state index contributed by atoms with van der Waals surface area (Å²) >= 11 is 4.28. The Hall–Kier alpha value is -0.220. The number of nitrogens with zero attached hydrogens (tertiary/aromatic N) is 1. The SMILES string of the molecule is CC(C)CC(CS)C(=O)NCCN1CCCCC1. The molecule has 0 aromatic heterocycles. The number of carbonyl (C=O) groups is 1. The number of thiol groups is 1. The van der Waals surface area contributed by atoms with Gasteiger partial charge in [-0.2, -0.15) is 12.6 Å². The second-order valence-corrected chi connectivity index (χ2v) is 6.07. The summed E-state index contributed by atoms with van der Waals surface area (Å²) in [5, 5.41) is 3.06. The van der Waals surface area contributed by atoms with Gasteiger partial charge in [-0.3, -0.25) is 4.79 Å². The van der Waals surface area contributed by atoms with E-state index in [4.69, 9.17) is 0 Å². The summed E-state index contributed by atoms with van der Waals surface area (Å²) in [7, 11) is 0. The summed E-state index contributed by atoms with van der Waals surface area (Å²) in [6.07, 6.45) is 4.90. The van der Waals surface area contributed by atoms with Crippen molar-refractivity contribution in [2.75, 3.05) is 31.9 Å². The van der Waals surface area contributed by atoms with Crippen LogP contribution in [0.2, 0.25) is 0 Å². The minimum absolute atomic E-state index is 0.0645. The number of hydrogen-bond donors (Lipinski definition) is 2. The molecule has 3 nitrogen and oxygen atoms in total. The van der Waals surface area contributed by atoms with Crippen LogP contribution in [-0.2, 0) is 4.79 Å². The molecule has 1 amide bonds. The number of carbonyl (C=O) groups excluding carboxylic acids is 1. The van der Waals surface area contributed by atoms with Gasteiger partial charge in [0.1, 0.15) is 0 Å². The Morgan fingerprint density at radius 2 is 1.94 bits per heavy atom. The van der Waals surface area contributed by atoms with Crippen LogP contribution in [0.5, 0.6) is 0 Å². The topological polar surface area (TPSA) is 32.3 Å². The zero-order valence-corrected chi connectivity index (χ0v) is 12.7. The fraction of sp³-hybridized carbons (Fsp3) is 0.929. The van der Waals surface area contributed by atoms with Crippen LogP contribution < -0.4 is 5.32 Å². The largest absolute Gasteiger partial charge is 0.355 e. The van der Waals surface area contributed by atoms with Crippen molar-refractivity contribution in [2.24, 2.45) is 11.8 Å². The predicted octanol–water partition coefficient (Wildman–Crippen LogP) is 2.18. The Kier molecular flexibility index (Phi) is 7.75. The van der Waals surface area contributed by atoms with Gasteiger partial charge in [0, 0.05) is 24.8 Å². The maximum Gasteiger partial charge on any atom is 0.223 e. The quantitative estimate of drug-likeness (QED) is 0.696. The average molecular weight is 272 g/mol. The lowest BCUT2D eigenvalue weighted by Crippen LogP contribution is -2.40. The fourth-order valence-electron chi connectivity index (χ4n) is 2.50. The fourth-order valence-corrected chi connectivity index (χ4v) is 2.81. The van der Waals surface area contributed by atoms with Gasteiger partial charge in [-0.1, -0.05) is 20.3 Å². The van der Waals surface area contributed by atoms with E-state index in [-0.39, 0.29) is 11.8 Å². The molecule has 4 heteroatoms. The van der Waals surface area contributed by atoms with Crippen LogP contribution in [0.4, 0.5) is 0 Å². The average Bonchev–Trinajstić information content (AvgIpc) is 2.36. The van der Waals surface area contributed by atoms with Gasteiger partial charge in [-0.15, -0.1) is 0 Å². The van der Waals surface area contributed by atoms with Crippen LogP contribution >= 0.6 is 12.6 Å². The van der Waals surface area contributed by atoms with Crippen LogP contribution in [0.3, 0.4) is 0 Å². The zero-order chi connectivity index (χ0) is 13.4. The van der Waals surface area contributed by atoms with E-state index in [1.165, 1.54) is 32.4 Å². The lowest BCUT2D eigenvalue weighted by atomic mass is 9.98. The van der Waals surface area contributed by atoms with Gasteiger partial charge in [-0.05, 0) is 38.3 Å². The zero-order valence-electron chi connectivity index (χ0n) is 11.8. The summed E-state index contributed by atoms with van der Waals surface area (Å²) in [6.45, 7) is 8.46. The second-order valence-electron chi connectivity index (χ2n) is 5.70. The Labute approximate surface area is 117 Å². The molecule has 106 valence electrons. The van der Waals surface area contributed by atoms with Gasteiger partial charge in [-0.25, -0.2) is 0 Å². The third-order valence-electron chi connectivity index (χ3n) is 3.52. The first-order valence-corrected chi connectivity index (χ1v) is 7.87. The first-order chi connectivity index (χ1) is 8.63. The van der Waals surface area contributed by atoms with Gasteiger partial charge in [0.25, 0.3) is 0 Å². The summed E-state index contributed by atoms with van der Waals surface area (Å²) in [5.41, 5.74) is 0. The van der Waals surface area contributed by atoms with Crippen molar-refractivity contribution < 1.29 is 4.79 Å². The van der Waals surface area contributed by atoms with E-state index in [9.17, 15) is 4.79 Å². The third kappa shape index (κ3) is 6.10. The predicted molar refractivity (Wildman–Crippen MR) is 80.1 cm³/mol. The molecule has 0 radical (unpaired) electrons. The van der Waals surface area contributed by atoms with Crippen molar-refractivity contribution in [1.29, 1.82) is 0 Å². The molecule has 0 aromatic rings. The Balaban J connectivity index is 2.18.